The first-order valence-corrected chi connectivity index (χ1v) is 7.42. The van der Waals surface area contributed by atoms with Crippen LogP contribution < -0.4 is 0 Å². The highest BCUT2D eigenvalue weighted by atomic mass is 32.1. The average molecular weight is 277 g/mol. The minimum absolute atomic E-state index is 0.0752. The van der Waals surface area contributed by atoms with Crippen LogP contribution in [0.4, 0.5) is 0 Å². The third-order valence-electron chi connectivity index (χ3n) is 3.50. The van der Waals surface area contributed by atoms with Gasteiger partial charge in [-0.3, -0.25) is 4.79 Å². The smallest absolute Gasteiger partial charge is 0.263 e. The summed E-state index contributed by atoms with van der Waals surface area (Å²) in [6, 6.07) is 4.03. The minimum Gasteiger partial charge on any atom is -0.395 e. The summed E-state index contributed by atoms with van der Waals surface area (Å²) in [7, 11) is 1.88. The van der Waals surface area contributed by atoms with Crippen LogP contribution in [0.3, 0.4) is 0 Å². The molecular weight excluding hydrogens is 258 g/mol. The summed E-state index contributed by atoms with van der Waals surface area (Å²) >= 11 is 1.42. The van der Waals surface area contributed by atoms with Gasteiger partial charge in [0.15, 0.2) is 0 Å². The van der Waals surface area contributed by atoms with Gasteiger partial charge in [0.2, 0.25) is 0 Å². The van der Waals surface area contributed by atoms with Gasteiger partial charge in [-0.15, -0.1) is 11.3 Å². The van der Waals surface area contributed by atoms with Crippen LogP contribution in [0.25, 0.3) is 0 Å². The van der Waals surface area contributed by atoms with Crippen molar-refractivity contribution in [2.75, 3.05) is 13.7 Å². The topological polar surface area (TPSA) is 40.5 Å². The number of amides is 1. The number of nitrogens with zero attached hydrogens (tertiary/aromatic N) is 1. The number of carbonyl (C=O) groups excluding carboxylic acids is 1. The lowest BCUT2D eigenvalue weighted by Crippen LogP contribution is -2.35. The summed E-state index contributed by atoms with van der Waals surface area (Å²) < 4.78 is 0. The van der Waals surface area contributed by atoms with Gasteiger partial charge >= 0.3 is 0 Å². The molecule has 1 saturated carbocycles. The van der Waals surface area contributed by atoms with E-state index in [1.165, 1.54) is 24.2 Å². The SMILES string of the molecule is CC(C1CC1)N(C)C(=O)c1ccc(C#CCCO)s1. The first-order chi connectivity index (χ1) is 9.13. The Labute approximate surface area is 118 Å². The molecule has 2 rings (SSSR count). The normalized spacial score (nSPS) is 15.5. The van der Waals surface area contributed by atoms with E-state index in [0.717, 1.165) is 9.75 Å². The van der Waals surface area contributed by atoms with E-state index >= 15 is 0 Å². The average Bonchev–Trinajstić information content (AvgIpc) is 3.16. The van der Waals surface area contributed by atoms with Gasteiger partial charge in [0, 0.05) is 19.5 Å². The molecule has 0 radical (unpaired) electrons. The molecule has 102 valence electrons. The fourth-order valence-corrected chi connectivity index (χ4v) is 2.84. The lowest BCUT2D eigenvalue weighted by atomic mass is 10.2. The molecule has 1 atom stereocenters. The molecule has 1 fully saturated rings. The maximum absolute atomic E-state index is 12.3. The van der Waals surface area contributed by atoms with Gasteiger partial charge in [-0.25, -0.2) is 0 Å². The number of hydrogen-bond donors (Lipinski definition) is 1. The van der Waals surface area contributed by atoms with E-state index < -0.39 is 0 Å². The molecule has 0 saturated heterocycles. The second-order valence-electron chi connectivity index (χ2n) is 4.93. The third-order valence-corrected chi connectivity index (χ3v) is 4.49. The molecule has 1 aliphatic carbocycles. The van der Waals surface area contributed by atoms with Crippen molar-refractivity contribution >= 4 is 17.2 Å². The van der Waals surface area contributed by atoms with E-state index in [4.69, 9.17) is 5.11 Å². The molecule has 0 aliphatic heterocycles. The zero-order chi connectivity index (χ0) is 13.8. The van der Waals surface area contributed by atoms with Crippen LogP contribution in [0, 0.1) is 17.8 Å². The Morgan fingerprint density at radius 1 is 1.58 bits per heavy atom. The Hall–Kier alpha value is -1.31. The number of aliphatic hydroxyl groups excluding tert-OH is 1. The molecule has 1 heterocycles. The van der Waals surface area contributed by atoms with E-state index in [2.05, 4.69) is 18.8 Å². The summed E-state index contributed by atoms with van der Waals surface area (Å²) in [6.07, 6.45) is 2.95. The van der Waals surface area contributed by atoms with Gasteiger partial charge in [0.25, 0.3) is 5.91 Å². The molecule has 1 aliphatic rings. The monoisotopic (exact) mass is 277 g/mol. The molecule has 1 aromatic rings. The van der Waals surface area contributed by atoms with E-state index in [9.17, 15) is 4.79 Å². The van der Waals surface area contributed by atoms with Gasteiger partial charge in [-0.1, -0.05) is 11.8 Å². The molecule has 0 spiro atoms. The zero-order valence-electron chi connectivity index (χ0n) is 11.3. The second kappa shape index (κ2) is 6.23. The summed E-state index contributed by atoms with van der Waals surface area (Å²) in [4.78, 5) is 15.8. The number of rotatable bonds is 4. The van der Waals surface area contributed by atoms with Crippen molar-refractivity contribution in [1.29, 1.82) is 0 Å². The first kappa shape index (κ1) is 14.1. The number of carbonyl (C=O) groups is 1. The Morgan fingerprint density at radius 3 is 2.95 bits per heavy atom. The van der Waals surface area contributed by atoms with Gasteiger partial charge in [-0.2, -0.15) is 0 Å². The van der Waals surface area contributed by atoms with Crippen LogP contribution in [0.15, 0.2) is 12.1 Å². The standard InChI is InChI=1S/C15H19NO2S/c1-11(12-6-7-12)16(2)15(18)14-9-8-13(19-14)5-3-4-10-17/h8-9,11-12,17H,4,6-7,10H2,1-2H3. The fourth-order valence-electron chi connectivity index (χ4n) is 1.98. The first-order valence-electron chi connectivity index (χ1n) is 6.60. The molecule has 0 bridgehead atoms. The molecule has 4 heteroatoms. The maximum atomic E-state index is 12.3. The van der Waals surface area contributed by atoms with Crippen molar-refractivity contribution in [1.82, 2.24) is 4.90 Å². The van der Waals surface area contributed by atoms with E-state index in [0.29, 0.717) is 18.4 Å². The van der Waals surface area contributed by atoms with Gasteiger partial charge in [0.05, 0.1) is 16.4 Å². The summed E-state index contributed by atoms with van der Waals surface area (Å²) in [6.45, 7) is 2.19. The highest BCUT2D eigenvalue weighted by Gasteiger charge is 2.32. The largest absolute Gasteiger partial charge is 0.395 e. The molecule has 3 nitrogen and oxygen atoms in total. The summed E-state index contributed by atoms with van der Waals surface area (Å²) in [5, 5.41) is 8.67. The van der Waals surface area contributed by atoms with Gasteiger partial charge in [0.1, 0.15) is 0 Å². The highest BCUT2D eigenvalue weighted by molar-refractivity contribution is 7.14. The van der Waals surface area contributed by atoms with Crippen LogP contribution in [-0.4, -0.2) is 35.6 Å². The Kier molecular flexibility index (Phi) is 4.62. The van der Waals surface area contributed by atoms with Crippen LogP contribution >= 0.6 is 11.3 Å². The number of aliphatic hydroxyl groups is 1. The van der Waals surface area contributed by atoms with Gasteiger partial charge in [-0.05, 0) is 37.8 Å². The van der Waals surface area contributed by atoms with Crippen LogP contribution in [0.5, 0.6) is 0 Å². The molecule has 1 aromatic heterocycles. The van der Waals surface area contributed by atoms with E-state index in [1.807, 2.05) is 24.1 Å². The Morgan fingerprint density at radius 2 is 2.32 bits per heavy atom. The Bertz CT molecular complexity index is 508. The van der Waals surface area contributed by atoms with Crippen molar-refractivity contribution in [3.05, 3.63) is 21.9 Å². The zero-order valence-corrected chi connectivity index (χ0v) is 12.2. The molecule has 0 aromatic carbocycles. The second-order valence-corrected chi connectivity index (χ2v) is 6.02. The highest BCUT2D eigenvalue weighted by Crippen LogP contribution is 2.35. The molecule has 19 heavy (non-hydrogen) atoms. The lowest BCUT2D eigenvalue weighted by molar-refractivity contribution is 0.0732. The molecule has 1 N–H and O–H groups in total. The van der Waals surface area contributed by atoms with Crippen molar-refractivity contribution in [3.8, 4) is 11.8 Å². The third kappa shape index (κ3) is 3.59. The van der Waals surface area contributed by atoms with E-state index in [1.54, 1.807) is 0 Å². The lowest BCUT2D eigenvalue weighted by Gasteiger charge is -2.24. The molecule has 1 amide bonds. The maximum Gasteiger partial charge on any atom is 0.263 e. The molecule has 1 unspecified atom stereocenters. The van der Waals surface area contributed by atoms with Gasteiger partial charge < -0.3 is 10.0 Å². The molecular formula is C15H19NO2S. The summed E-state index contributed by atoms with van der Waals surface area (Å²) in [5.41, 5.74) is 0. The Balaban J connectivity index is 2.01. The minimum atomic E-state index is 0.0752. The van der Waals surface area contributed by atoms with Crippen LogP contribution in [0.2, 0.25) is 0 Å². The van der Waals surface area contributed by atoms with Crippen molar-refractivity contribution in [3.63, 3.8) is 0 Å². The fraction of sp³-hybridized carbons (Fsp3) is 0.533. The quantitative estimate of drug-likeness (QED) is 0.858. The number of thiophene rings is 1. The van der Waals surface area contributed by atoms with Crippen molar-refractivity contribution in [2.24, 2.45) is 5.92 Å². The van der Waals surface area contributed by atoms with E-state index in [-0.39, 0.29) is 12.5 Å². The van der Waals surface area contributed by atoms with Crippen LogP contribution in [0.1, 0.15) is 40.7 Å². The predicted octanol–water partition coefficient (Wildman–Crippen LogP) is 2.35. The van der Waals surface area contributed by atoms with Crippen LogP contribution in [-0.2, 0) is 0 Å². The van der Waals surface area contributed by atoms with Crippen molar-refractivity contribution in [2.45, 2.75) is 32.2 Å². The van der Waals surface area contributed by atoms with Crippen molar-refractivity contribution < 1.29 is 9.90 Å². The predicted molar refractivity (Wildman–Crippen MR) is 77.2 cm³/mol. The number of hydrogen-bond acceptors (Lipinski definition) is 3. The summed E-state index contributed by atoms with van der Waals surface area (Å²) in [5.74, 6) is 6.59.